The molecule has 38 heavy (non-hydrogen) atoms. The number of benzene rings is 5. The van der Waals surface area contributed by atoms with Crippen LogP contribution < -0.4 is 0 Å². The van der Waals surface area contributed by atoms with Crippen molar-refractivity contribution in [3.05, 3.63) is 127 Å². The van der Waals surface area contributed by atoms with Gasteiger partial charge in [-0.15, -0.1) is 11.3 Å². The Morgan fingerprint density at radius 3 is 2.05 bits per heavy atom. The van der Waals surface area contributed by atoms with Crippen molar-refractivity contribution < 1.29 is 0 Å². The molecule has 0 aliphatic rings. The Bertz CT molecular complexity index is 2120. The van der Waals surface area contributed by atoms with E-state index in [-0.39, 0.29) is 0 Å². The number of thiophene rings is 1. The Balaban J connectivity index is 1.36. The molecule has 8 rings (SSSR count). The summed E-state index contributed by atoms with van der Waals surface area (Å²) in [4.78, 5) is 10.1. The highest BCUT2D eigenvalue weighted by Crippen LogP contribution is 2.42. The second-order valence-corrected chi connectivity index (χ2v) is 10.5. The van der Waals surface area contributed by atoms with Gasteiger partial charge in [-0.05, 0) is 42.0 Å². The molecule has 0 unspecified atom stereocenters. The number of para-hydroxylation sites is 3. The number of rotatable bonds is 3. The average molecular weight is 504 g/mol. The summed E-state index contributed by atoms with van der Waals surface area (Å²) in [5, 5.41) is 2.39. The molecule has 178 valence electrons. The second-order valence-electron chi connectivity index (χ2n) is 9.45. The number of hydrogen-bond acceptors (Lipinski definition) is 3. The van der Waals surface area contributed by atoms with Crippen LogP contribution in [0.15, 0.2) is 127 Å². The smallest absolute Gasteiger partial charge is 0.145 e. The zero-order valence-electron chi connectivity index (χ0n) is 20.4. The summed E-state index contributed by atoms with van der Waals surface area (Å²) in [5.74, 6) is 0.945. The first kappa shape index (κ1) is 21.3. The van der Waals surface area contributed by atoms with Gasteiger partial charge in [-0.2, -0.15) is 0 Å². The third kappa shape index (κ3) is 3.21. The molecule has 4 heteroatoms. The van der Waals surface area contributed by atoms with Crippen LogP contribution in [0.3, 0.4) is 0 Å². The first-order chi connectivity index (χ1) is 18.8. The van der Waals surface area contributed by atoms with E-state index in [0.29, 0.717) is 0 Å². The van der Waals surface area contributed by atoms with Gasteiger partial charge in [-0.1, -0.05) is 91.0 Å². The molecule has 0 spiro atoms. The average Bonchev–Trinajstić information content (AvgIpc) is 3.55. The van der Waals surface area contributed by atoms with E-state index in [2.05, 4.69) is 120 Å². The lowest BCUT2D eigenvalue weighted by atomic mass is 9.99. The third-order valence-electron chi connectivity index (χ3n) is 7.21. The minimum absolute atomic E-state index is 0.945. The number of imidazole rings is 1. The van der Waals surface area contributed by atoms with Crippen LogP contribution in [-0.2, 0) is 0 Å². The highest BCUT2D eigenvalue weighted by Gasteiger charge is 2.17. The summed E-state index contributed by atoms with van der Waals surface area (Å²) in [7, 11) is 0. The van der Waals surface area contributed by atoms with Gasteiger partial charge in [0.2, 0.25) is 0 Å². The normalized spacial score (nSPS) is 11.7. The maximum absolute atomic E-state index is 5.09. The standard InChI is InChI=1S/C34H21N3S/c1-2-10-23(11-3-1)34-36-28-15-7-8-16-29(28)37(34)24-20-18-22(19-21-24)31-25-12-4-6-14-27(25)35-32-26-13-5-9-17-30(26)38-33(31)32/h1-21H. The maximum atomic E-state index is 5.09. The van der Waals surface area contributed by atoms with E-state index >= 15 is 0 Å². The Hall–Kier alpha value is -4.80. The van der Waals surface area contributed by atoms with Crippen molar-refractivity contribution in [2.75, 3.05) is 0 Å². The first-order valence-corrected chi connectivity index (χ1v) is 13.5. The Kier molecular flexibility index (Phi) is 4.69. The molecule has 0 bridgehead atoms. The fourth-order valence-electron chi connectivity index (χ4n) is 5.47. The van der Waals surface area contributed by atoms with Gasteiger partial charge in [-0.25, -0.2) is 9.97 Å². The fraction of sp³-hybridized carbons (Fsp3) is 0. The van der Waals surface area contributed by atoms with Crippen LogP contribution >= 0.6 is 11.3 Å². The van der Waals surface area contributed by atoms with Crippen molar-refractivity contribution in [3.8, 4) is 28.2 Å². The van der Waals surface area contributed by atoms with Crippen LogP contribution in [0.1, 0.15) is 0 Å². The number of pyridine rings is 1. The van der Waals surface area contributed by atoms with Crippen molar-refractivity contribution in [3.63, 3.8) is 0 Å². The zero-order chi connectivity index (χ0) is 25.1. The molecule has 0 atom stereocenters. The minimum Gasteiger partial charge on any atom is -0.292 e. The number of fused-ring (bicyclic) bond motifs is 5. The van der Waals surface area contributed by atoms with E-state index in [9.17, 15) is 0 Å². The lowest BCUT2D eigenvalue weighted by Gasteiger charge is -2.12. The summed E-state index contributed by atoms with van der Waals surface area (Å²) >= 11 is 1.82. The molecule has 0 radical (unpaired) electrons. The van der Waals surface area contributed by atoms with Crippen molar-refractivity contribution in [2.24, 2.45) is 0 Å². The fourth-order valence-corrected chi connectivity index (χ4v) is 6.69. The van der Waals surface area contributed by atoms with Crippen LogP contribution in [0.4, 0.5) is 0 Å². The molecular weight excluding hydrogens is 482 g/mol. The van der Waals surface area contributed by atoms with Gasteiger partial charge in [-0.3, -0.25) is 4.57 Å². The van der Waals surface area contributed by atoms with Gasteiger partial charge >= 0.3 is 0 Å². The summed E-state index contributed by atoms with van der Waals surface area (Å²) < 4.78 is 4.75. The molecule has 3 aromatic heterocycles. The van der Waals surface area contributed by atoms with Gasteiger partial charge in [0.1, 0.15) is 5.82 Å². The van der Waals surface area contributed by atoms with Gasteiger partial charge in [0.05, 0.1) is 26.8 Å². The van der Waals surface area contributed by atoms with Gasteiger partial charge < -0.3 is 0 Å². The van der Waals surface area contributed by atoms with Crippen molar-refractivity contribution >= 4 is 53.6 Å². The highest BCUT2D eigenvalue weighted by atomic mass is 32.1. The van der Waals surface area contributed by atoms with Crippen molar-refractivity contribution in [1.29, 1.82) is 0 Å². The maximum Gasteiger partial charge on any atom is 0.145 e. The predicted octanol–water partition coefficient (Wildman–Crippen LogP) is 9.28. The third-order valence-corrected chi connectivity index (χ3v) is 8.39. The summed E-state index contributed by atoms with van der Waals surface area (Å²) in [6.45, 7) is 0. The zero-order valence-corrected chi connectivity index (χ0v) is 21.2. The van der Waals surface area contributed by atoms with E-state index in [0.717, 1.165) is 39.1 Å². The number of nitrogens with zero attached hydrogens (tertiary/aromatic N) is 3. The first-order valence-electron chi connectivity index (χ1n) is 12.7. The largest absolute Gasteiger partial charge is 0.292 e. The molecular formula is C34H21N3S. The minimum atomic E-state index is 0.945. The quantitative estimate of drug-likeness (QED) is 0.240. The van der Waals surface area contributed by atoms with Crippen LogP contribution in [0, 0.1) is 0 Å². The molecule has 3 heterocycles. The molecule has 3 nitrogen and oxygen atoms in total. The molecule has 0 fully saturated rings. The van der Waals surface area contributed by atoms with Gasteiger partial charge in [0.25, 0.3) is 0 Å². The second kappa shape index (κ2) is 8.37. The summed E-state index contributed by atoms with van der Waals surface area (Å²) in [6.07, 6.45) is 0. The molecule has 0 amide bonds. The number of hydrogen-bond donors (Lipinski definition) is 0. The summed E-state index contributed by atoms with van der Waals surface area (Å²) in [6, 6.07) is 44.7. The van der Waals surface area contributed by atoms with Crippen LogP contribution in [-0.4, -0.2) is 14.5 Å². The molecule has 0 N–H and O–H groups in total. The molecule has 0 saturated heterocycles. The monoisotopic (exact) mass is 503 g/mol. The lowest BCUT2D eigenvalue weighted by molar-refractivity contribution is 1.10. The Morgan fingerprint density at radius 1 is 0.526 bits per heavy atom. The van der Waals surface area contributed by atoms with Crippen LogP contribution in [0.5, 0.6) is 0 Å². The molecule has 5 aromatic carbocycles. The number of aromatic nitrogens is 3. The van der Waals surface area contributed by atoms with E-state index in [1.165, 1.54) is 31.3 Å². The van der Waals surface area contributed by atoms with Crippen molar-refractivity contribution in [2.45, 2.75) is 0 Å². The predicted molar refractivity (Wildman–Crippen MR) is 160 cm³/mol. The molecule has 0 saturated carbocycles. The van der Waals surface area contributed by atoms with E-state index in [4.69, 9.17) is 9.97 Å². The Morgan fingerprint density at radius 2 is 1.21 bits per heavy atom. The van der Waals surface area contributed by atoms with Gasteiger partial charge in [0, 0.05) is 32.3 Å². The van der Waals surface area contributed by atoms with E-state index in [1.807, 2.05) is 23.5 Å². The molecule has 8 aromatic rings. The topological polar surface area (TPSA) is 30.7 Å². The SMILES string of the molecule is c1ccc(-c2nc3ccccc3n2-c2ccc(-c3c4ccccc4nc4c3sc3ccccc34)cc2)cc1. The highest BCUT2D eigenvalue weighted by molar-refractivity contribution is 7.26. The van der Waals surface area contributed by atoms with Crippen molar-refractivity contribution in [1.82, 2.24) is 14.5 Å². The Labute approximate surface area is 223 Å². The van der Waals surface area contributed by atoms with E-state index in [1.54, 1.807) is 0 Å². The van der Waals surface area contributed by atoms with Crippen LogP contribution in [0.2, 0.25) is 0 Å². The van der Waals surface area contributed by atoms with Crippen LogP contribution in [0.25, 0.3) is 70.4 Å². The van der Waals surface area contributed by atoms with Gasteiger partial charge in [0.15, 0.2) is 0 Å². The van der Waals surface area contributed by atoms with E-state index < -0.39 is 0 Å². The lowest BCUT2D eigenvalue weighted by Crippen LogP contribution is -1.97. The molecule has 0 aliphatic heterocycles. The summed E-state index contributed by atoms with van der Waals surface area (Å²) in [5.41, 5.74) is 8.81. The molecule has 0 aliphatic carbocycles.